The Bertz CT molecular complexity index is 3030. The molecule has 0 N–H and O–H groups in total. The zero-order valence-electron chi connectivity index (χ0n) is 37.6. The maximum absolute atomic E-state index is 6.68. The molecule has 6 nitrogen and oxygen atoms in total. The number of furan rings is 1. The van der Waals surface area contributed by atoms with Crippen molar-refractivity contribution in [3.05, 3.63) is 156 Å². The Labute approximate surface area is 386 Å². The minimum atomic E-state index is -1.23. The topological polar surface area (TPSA) is 69.6 Å². The molecule has 63 heavy (non-hydrogen) atoms. The third-order valence-corrected chi connectivity index (χ3v) is 14.3. The molecule has 0 unspecified atom stereocenters. The van der Waals surface area contributed by atoms with Crippen LogP contribution in [0.4, 0.5) is 0 Å². The van der Waals surface area contributed by atoms with E-state index in [1.54, 1.807) is 0 Å². The van der Waals surface area contributed by atoms with Crippen molar-refractivity contribution in [2.45, 2.75) is 97.7 Å². The molecule has 8 heteroatoms. The number of fused-ring (bicyclic) bond motifs is 4. The van der Waals surface area contributed by atoms with Gasteiger partial charge in [0.15, 0.2) is 0 Å². The van der Waals surface area contributed by atoms with E-state index in [9.17, 15) is 0 Å². The van der Waals surface area contributed by atoms with Gasteiger partial charge in [-0.3, -0.25) is 9.97 Å². The smallest absolute Gasteiger partial charge is 0.216 e. The fourth-order valence-corrected chi connectivity index (χ4v) is 9.85. The second kappa shape index (κ2) is 17.9. The zero-order chi connectivity index (χ0) is 43.2. The van der Waals surface area contributed by atoms with Crippen molar-refractivity contribution < 1.29 is 24.5 Å². The average molecular weight is 1020 g/mol. The summed E-state index contributed by atoms with van der Waals surface area (Å²) in [5.41, 5.74) is 13.9. The summed E-state index contributed by atoms with van der Waals surface area (Å²) in [6, 6.07) is 47.1. The Kier molecular flexibility index (Phi) is 12.5. The van der Waals surface area contributed by atoms with Gasteiger partial charge in [-0.1, -0.05) is 119 Å². The Morgan fingerprint density at radius 1 is 0.746 bits per heavy atom. The second-order valence-electron chi connectivity index (χ2n) is 18.9. The van der Waals surface area contributed by atoms with Crippen LogP contribution in [0.3, 0.4) is 0 Å². The Hall–Kier alpha value is -5.53. The normalized spacial score (nSPS) is 13.5. The number of hydrogen-bond acceptors (Lipinski definition) is 5. The van der Waals surface area contributed by atoms with Crippen LogP contribution in [0, 0.1) is 26.0 Å². The summed E-state index contributed by atoms with van der Waals surface area (Å²) in [4.78, 5) is 19.7. The molecular formula is C55H55IrN5OSi-2. The summed E-state index contributed by atoms with van der Waals surface area (Å²) >= 11 is 0. The van der Waals surface area contributed by atoms with Crippen LogP contribution in [0.25, 0.3) is 72.6 Å². The summed E-state index contributed by atoms with van der Waals surface area (Å²) in [5, 5.41) is 3.45. The average Bonchev–Trinajstić information content (AvgIpc) is 3.85. The van der Waals surface area contributed by atoms with Crippen LogP contribution < -0.4 is 5.19 Å². The minimum Gasteiger partial charge on any atom is -0.486 e. The van der Waals surface area contributed by atoms with Crippen molar-refractivity contribution in [3.63, 3.8) is 0 Å². The van der Waals surface area contributed by atoms with Gasteiger partial charge in [-0.2, -0.15) is 0 Å². The van der Waals surface area contributed by atoms with Crippen molar-refractivity contribution in [1.29, 1.82) is 0 Å². The van der Waals surface area contributed by atoms with E-state index in [4.69, 9.17) is 19.4 Å². The number of benzene rings is 4. The van der Waals surface area contributed by atoms with E-state index in [0.29, 0.717) is 11.6 Å². The number of pyridine rings is 3. The number of aromatic nitrogens is 5. The molecule has 0 amide bonds. The molecular weight excluding hydrogens is 967 g/mol. The maximum atomic E-state index is 6.68. The molecule has 1 saturated carbocycles. The van der Waals surface area contributed by atoms with E-state index < -0.39 is 8.07 Å². The van der Waals surface area contributed by atoms with Gasteiger partial charge in [-0.15, -0.1) is 54.1 Å². The first-order chi connectivity index (χ1) is 29.8. The van der Waals surface area contributed by atoms with Crippen LogP contribution in [0.1, 0.15) is 81.4 Å². The fraction of sp³-hybridized carbons (Fsp3) is 0.273. The van der Waals surface area contributed by atoms with Crippen LogP contribution >= 0.6 is 0 Å². The van der Waals surface area contributed by atoms with Crippen molar-refractivity contribution in [2.75, 3.05) is 0 Å². The molecule has 1 aliphatic carbocycles. The van der Waals surface area contributed by atoms with Crippen molar-refractivity contribution in [3.8, 4) is 39.5 Å². The van der Waals surface area contributed by atoms with Gasteiger partial charge in [0, 0.05) is 60.2 Å². The molecule has 1 fully saturated rings. The third-order valence-electron chi connectivity index (χ3n) is 12.3. The van der Waals surface area contributed by atoms with Crippen molar-refractivity contribution >= 4 is 46.4 Å². The van der Waals surface area contributed by atoms with Gasteiger partial charge in [0.25, 0.3) is 0 Å². The number of rotatable bonds is 6. The quantitative estimate of drug-likeness (QED) is 0.123. The predicted molar refractivity (Wildman–Crippen MR) is 259 cm³/mol. The Morgan fingerprint density at radius 3 is 2.22 bits per heavy atom. The molecule has 5 heterocycles. The van der Waals surface area contributed by atoms with Gasteiger partial charge >= 0.3 is 0 Å². The number of imidazole rings is 1. The molecule has 4 aromatic carbocycles. The summed E-state index contributed by atoms with van der Waals surface area (Å²) in [7, 11) is -1.23. The molecule has 10 rings (SSSR count). The van der Waals surface area contributed by atoms with E-state index in [-0.39, 0.29) is 25.5 Å². The standard InChI is InChI=1S/C41H39N4O.C14H16NSi.Ir/c1-25-23-36-37(26(2)42-25)44-39(45(36)35-22-19-29(41(3,4)5)24-33(35)27-13-8-6-9-14-27)32-18-12-17-30-31-20-21-34(28-15-10-7-11-16-28)43-40(31)46-38(30)32;1-16(2,3)13-9-10-14(15-11-13)12-7-5-4-6-8-12;/h6,8-9,12-14,17,19-24,28H,7,10-11,15-16H2,1-5H3;4-7,9-11H,1-3H3;/q2*-1;. The fourth-order valence-electron chi connectivity index (χ4n) is 8.82. The molecule has 0 saturated heterocycles. The van der Waals surface area contributed by atoms with Gasteiger partial charge < -0.3 is 14.0 Å². The van der Waals surface area contributed by atoms with Crippen molar-refractivity contribution in [2.24, 2.45) is 0 Å². The van der Waals surface area contributed by atoms with E-state index in [0.717, 1.165) is 83.9 Å². The summed E-state index contributed by atoms with van der Waals surface area (Å²) in [6.07, 6.45) is 8.29. The van der Waals surface area contributed by atoms with Crippen LogP contribution in [-0.4, -0.2) is 32.6 Å². The third kappa shape index (κ3) is 8.99. The molecule has 0 atom stereocenters. The number of hydrogen-bond donors (Lipinski definition) is 0. The first kappa shape index (κ1) is 44.1. The van der Waals surface area contributed by atoms with Gasteiger partial charge in [0.05, 0.1) is 36.2 Å². The Balaban J connectivity index is 0.000000271. The molecule has 5 aromatic heterocycles. The van der Waals surface area contributed by atoms with Crippen LogP contribution in [0.15, 0.2) is 126 Å². The monoisotopic (exact) mass is 1020 g/mol. The second-order valence-corrected chi connectivity index (χ2v) is 24.0. The van der Waals surface area contributed by atoms with Gasteiger partial charge in [0.1, 0.15) is 0 Å². The van der Waals surface area contributed by atoms with E-state index in [1.807, 2.05) is 50.4 Å². The van der Waals surface area contributed by atoms with Crippen LogP contribution in [-0.2, 0) is 25.5 Å². The van der Waals surface area contributed by atoms with Gasteiger partial charge in [0.2, 0.25) is 5.71 Å². The summed E-state index contributed by atoms with van der Waals surface area (Å²) in [6.45, 7) is 17.9. The van der Waals surface area contributed by atoms with E-state index >= 15 is 0 Å². The SMILES string of the molecule is C[Si](C)(C)c1ccc(-c2[c-]cccc2)nc1.Cc1cc2c(nc(-c3[c-]ccc4c3oc3nc(C5CCCCC5)ccc34)n2-c2ccc(C(C)(C)C)cc2-c2ccccc2)c(C)n1.[Ir]. The number of aryl methyl sites for hydroxylation is 2. The van der Waals surface area contributed by atoms with Crippen LogP contribution in [0.2, 0.25) is 19.6 Å². The molecule has 1 radical (unpaired) electrons. The van der Waals surface area contributed by atoms with Crippen molar-refractivity contribution in [1.82, 2.24) is 24.5 Å². The van der Waals surface area contributed by atoms with Gasteiger partial charge in [-0.25, -0.2) is 4.98 Å². The van der Waals surface area contributed by atoms with Gasteiger partial charge in [-0.05, 0) is 84.4 Å². The predicted octanol–water partition coefficient (Wildman–Crippen LogP) is 13.9. The minimum absolute atomic E-state index is 0. The molecule has 1 aliphatic rings. The summed E-state index contributed by atoms with van der Waals surface area (Å²) in [5.74, 6) is 1.29. The molecule has 9 aromatic rings. The van der Waals surface area contributed by atoms with Crippen LogP contribution in [0.5, 0.6) is 0 Å². The molecule has 321 valence electrons. The first-order valence-electron chi connectivity index (χ1n) is 22.1. The summed E-state index contributed by atoms with van der Waals surface area (Å²) < 4.78 is 8.96. The molecule has 0 aliphatic heterocycles. The van der Waals surface area contributed by atoms with E-state index in [2.05, 4.69) is 147 Å². The largest absolute Gasteiger partial charge is 0.486 e. The Morgan fingerprint density at radius 2 is 1.52 bits per heavy atom. The number of nitrogens with zero attached hydrogens (tertiary/aromatic N) is 5. The zero-order valence-corrected chi connectivity index (χ0v) is 41.0. The molecule has 0 bridgehead atoms. The maximum Gasteiger partial charge on any atom is 0.216 e. The first-order valence-corrected chi connectivity index (χ1v) is 25.6. The van der Waals surface area contributed by atoms with E-state index in [1.165, 1.54) is 42.9 Å². The molecule has 0 spiro atoms.